The van der Waals surface area contributed by atoms with Gasteiger partial charge >= 0.3 is 0 Å². The molecule has 2 aromatic rings. The molecular formula is C17H18O4. The van der Waals surface area contributed by atoms with E-state index in [2.05, 4.69) is 13.0 Å². The van der Waals surface area contributed by atoms with Gasteiger partial charge in [0.15, 0.2) is 11.5 Å². The second kappa shape index (κ2) is 5.56. The van der Waals surface area contributed by atoms with Gasteiger partial charge in [-0.2, -0.15) is 0 Å². The molecule has 0 bridgehead atoms. The third-order valence-corrected chi connectivity index (χ3v) is 3.80. The maximum absolute atomic E-state index is 5.51. The normalized spacial score (nSPS) is 13.9. The maximum Gasteiger partial charge on any atom is 0.231 e. The summed E-state index contributed by atoms with van der Waals surface area (Å²) in [6.45, 7) is 2.38. The van der Waals surface area contributed by atoms with E-state index in [1.807, 2.05) is 30.3 Å². The van der Waals surface area contributed by atoms with Gasteiger partial charge in [0.25, 0.3) is 0 Å². The third kappa shape index (κ3) is 2.37. The summed E-state index contributed by atoms with van der Waals surface area (Å²) < 4.78 is 21.8. The standard InChI is InChI=1S/C17H18O4/c1-11(12-6-4-5-7-14(12)18-2)13-8-16-17(21-10-20-16)9-15(13)19-3/h4-9,11H,10H2,1-3H3/t11-/m1/s1. The fourth-order valence-electron chi connectivity index (χ4n) is 2.65. The summed E-state index contributed by atoms with van der Waals surface area (Å²) in [5.74, 6) is 3.25. The van der Waals surface area contributed by atoms with Crippen molar-refractivity contribution in [3.63, 3.8) is 0 Å². The first-order chi connectivity index (χ1) is 10.2. The van der Waals surface area contributed by atoms with Crippen molar-refractivity contribution >= 4 is 0 Å². The first-order valence-corrected chi connectivity index (χ1v) is 6.85. The summed E-state index contributed by atoms with van der Waals surface area (Å²) in [5, 5.41) is 0. The Bertz CT molecular complexity index is 651. The number of hydrogen-bond acceptors (Lipinski definition) is 4. The molecule has 0 spiro atoms. The summed E-state index contributed by atoms with van der Waals surface area (Å²) in [4.78, 5) is 0. The highest BCUT2D eigenvalue weighted by atomic mass is 16.7. The minimum Gasteiger partial charge on any atom is -0.496 e. The first kappa shape index (κ1) is 13.6. The highest BCUT2D eigenvalue weighted by Crippen LogP contribution is 2.43. The lowest BCUT2D eigenvalue weighted by Gasteiger charge is -2.19. The van der Waals surface area contributed by atoms with Crippen LogP contribution < -0.4 is 18.9 Å². The highest BCUT2D eigenvalue weighted by molar-refractivity contribution is 5.55. The molecule has 4 heteroatoms. The van der Waals surface area contributed by atoms with Gasteiger partial charge in [0.05, 0.1) is 14.2 Å². The van der Waals surface area contributed by atoms with Gasteiger partial charge < -0.3 is 18.9 Å². The minimum atomic E-state index is 0.116. The van der Waals surface area contributed by atoms with E-state index in [1.54, 1.807) is 14.2 Å². The van der Waals surface area contributed by atoms with E-state index in [0.717, 1.165) is 34.1 Å². The molecule has 4 nitrogen and oxygen atoms in total. The van der Waals surface area contributed by atoms with Crippen LogP contribution in [0.4, 0.5) is 0 Å². The fraction of sp³-hybridized carbons (Fsp3) is 0.294. The largest absolute Gasteiger partial charge is 0.496 e. The summed E-state index contributed by atoms with van der Waals surface area (Å²) in [6.07, 6.45) is 0. The third-order valence-electron chi connectivity index (χ3n) is 3.80. The van der Waals surface area contributed by atoms with Gasteiger partial charge in [0.2, 0.25) is 6.79 Å². The molecule has 3 rings (SSSR count). The Labute approximate surface area is 124 Å². The van der Waals surface area contributed by atoms with Crippen molar-refractivity contribution in [2.24, 2.45) is 0 Å². The average molecular weight is 286 g/mol. The molecule has 21 heavy (non-hydrogen) atoms. The molecule has 1 aliphatic heterocycles. The molecule has 0 N–H and O–H groups in total. The molecule has 0 saturated heterocycles. The Morgan fingerprint density at radius 1 is 0.905 bits per heavy atom. The summed E-state index contributed by atoms with van der Waals surface area (Å²) in [7, 11) is 3.35. The molecule has 1 heterocycles. The Morgan fingerprint density at radius 2 is 1.57 bits per heavy atom. The van der Waals surface area contributed by atoms with Crippen LogP contribution in [0.15, 0.2) is 36.4 Å². The number of rotatable bonds is 4. The Balaban J connectivity index is 2.07. The quantitative estimate of drug-likeness (QED) is 0.860. The van der Waals surface area contributed by atoms with Gasteiger partial charge in [-0.15, -0.1) is 0 Å². The average Bonchev–Trinajstić information content (AvgIpc) is 3.00. The van der Waals surface area contributed by atoms with Crippen LogP contribution >= 0.6 is 0 Å². The van der Waals surface area contributed by atoms with E-state index < -0.39 is 0 Å². The lowest BCUT2D eigenvalue weighted by molar-refractivity contribution is 0.174. The Hall–Kier alpha value is -2.36. The number of methoxy groups -OCH3 is 2. The lowest BCUT2D eigenvalue weighted by Crippen LogP contribution is -2.02. The predicted molar refractivity (Wildman–Crippen MR) is 79.6 cm³/mol. The van der Waals surface area contributed by atoms with Gasteiger partial charge in [0.1, 0.15) is 11.5 Å². The van der Waals surface area contributed by atoms with Crippen molar-refractivity contribution in [1.82, 2.24) is 0 Å². The molecule has 110 valence electrons. The predicted octanol–water partition coefficient (Wildman–Crippen LogP) is 3.58. The first-order valence-electron chi connectivity index (χ1n) is 6.85. The zero-order valence-corrected chi connectivity index (χ0v) is 12.4. The summed E-state index contributed by atoms with van der Waals surface area (Å²) in [6, 6.07) is 11.9. The fourth-order valence-corrected chi connectivity index (χ4v) is 2.65. The zero-order chi connectivity index (χ0) is 14.8. The highest BCUT2D eigenvalue weighted by Gasteiger charge is 2.23. The molecule has 0 aliphatic carbocycles. The Kier molecular flexibility index (Phi) is 3.60. The molecule has 0 unspecified atom stereocenters. The molecule has 1 aliphatic rings. The van der Waals surface area contributed by atoms with Crippen LogP contribution in [0, 0.1) is 0 Å². The maximum atomic E-state index is 5.51. The van der Waals surface area contributed by atoms with Gasteiger partial charge in [-0.05, 0) is 12.1 Å². The van der Waals surface area contributed by atoms with Crippen molar-refractivity contribution < 1.29 is 18.9 Å². The van der Waals surface area contributed by atoms with Gasteiger partial charge in [0, 0.05) is 23.1 Å². The van der Waals surface area contributed by atoms with E-state index in [4.69, 9.17) is 18.9 Å². The number of ether oxygens (including phenoxy) is 4. The molecule has 1 atom stereocenters. The lowest BCUT2D eigenvalue weighted by atomic mass is 9.91. The van der Waals surface area contributed by atoms with Crippen molar-refractivity contribution in [1.29, 1.82) is 0 Å². The number of benzene rings is 2. The van der Waals surface area contributed by atoms with Crippen molar-refractivity contribution in [3.05, 3.63) is 47.5 Å². The second-order valence-corrected chi connectivity index (χ2v) is 4.91. The SMILES string of the molecule is COc1ccccc1[C@@H](C)c1cc2c(cc1OC)OCO2. The van der Waals surface area contributed by atoms with Crippen LogP contribution in [0.3, 0.4) is 0 Å². The van der Waals surface area contributed by atoms with Gasteiger partial charge in [-0.3, -0.25) is 0 Å². The molecule has 2 aromatic carbocycles. The molecule has 0 saturated carbocycles. The van der Waals surface area contributed by atoms with Crippen LogP contribution in [-0.2, 0) is 0 Å². The van der Waals surface area contributed by atoms with Crippen LogP contribution in [0.25, 0.3) is 0 Å². The van der Waals surface area contributed by atoms with Crippen molar-refractivity contribution in [2.75, 3.05) is 21.0 Å². The van der Waals surface area contributed by atoms with Gasteiger partial charge in [-0.25, -0.2) is 0 Å². The smallest absolute Gasteiger partial charge is 0.231 e. The van der Waals surface area contributed by atoms with E-state index in [-0.39, 0.29) is 12.7 Å². The summed E-state index contributed by atoms with van der Waals surface area (Å²) in [5.41, 5.74) is 2.16. The molecular weight excluding hydrogens is 268 g/mol. The number of fused-ring (bicyclic) bond motifs is 1. The minimum absolute atomic E-state index is 0.116. The number of hydrogen-bond donors (Lipinski definition) is 0. The van der Waals surface area contributed by atoms with E-state index in [1.165, 1.54) is 0 Å². The molecule has 0 amide bonds. The van der Waals surface area contributed by atoms with E-state index in [9.17, 15) is 0 Å². The van der Waals surface area contributed by atoms with Crippen LogP contribution in [0.2, 0.25) is 0 Å². The topological polar surface area (TPSA) is 36.9 Å². The zero-order valence-electron chi connectivity index (χ0n) is 12.4. The molecule has 0 fully saturated rings. The number of para-hydroxylation sites is 1. The van der Waals surface area contributed by atoms with Crippen LogP contribution in [0.5, 0.6) is 23.0 Å². The van der Waals surface area contributed by atoms with Crippen LogP contribution in [-0.4, -0.2) is 21.0 Å². The summed E-state index contributed by atoms with van der Waals surface area (Å²) >= 11 is 0. The van der Waals surface area contributed by atoms with Gasteiger partial charge in [-0.1, -0.05) is 25.1 Å². The molecule has 0 radical (unpaired) electrons. The van der Waals surface area contributed by atoms with Crippen LogP contribution in [0.1, 0.15) is 24.0 Å². The molecule has 0 aromatic heterocycles. The monoisotopic (exact) mass is 286 g/mol. The van der Waals surface area contributed by atoms with Crippen molar-refractivity contribution in [3.8, 4) is 23.0 Å². The second-order valence-electron chi connectivity index (χ2n) is 4.91. The van der Waals surface area contributed by atoms with E-state index >= 15 is 0 Å². The van der Waals surface area contributed by atoms with E-state index in [0.29, 0.717) is 0 Å². The Morgan fingerprint density at radius 3 is 2.29 bits per heavy atom. The van der Waals surface area contributed by atoms with Crippen molar-refractivity contribution in [2.45, 2.75) is 12.8 Å².